The van der Waals surface area contributed by atoms with Crippen LogP contribution >= 0.6 is 11.3 Å². The second kappa shape index (κ2) is 6.70. The van der Waals surface area contributed by atoms with Crippen molar-refractivity contribution in [3.63, 3.8) is 0 Å². The summed E-state index contributed by atoms with van der Waals surface area (Å²) in [6.07, 6.45) is 5.08. The number of hydrogen-bond acceptors (Lipinski definition) is 3. The van der Waals surface area contributed by atoms with Crippen molar-refractivity contribution in [2.75, 3.05) is 6.54 Å². The Kier molecular flexibility index (Phi) is 4.48. The van der Waals surface area contributed by atoms with Gasteiger partial charge in [0, 0.05) is 26.0 Å². The maximum atomic E-state index is 4.50. The lowest BCUT2D eigenvalue weighted by atomic mass is 10.1. The first-order chi connectivity index (χ1) is 10.3. The molecule has 0 saturated heterocycles. The third-order valence-electron chi connectivity index (χ3n) is 3.46. The molecule has 3 nitrogen and oxygen atoms in total. The summed E-state index contributed by atoms with van der Waals surface area (Å²) in [6.45, 7) is 1.81. The van der Waals surface area contributed by atoms with Gasteiger partial charge in [-0.1, -0.05) is 30.3 Å². The lowest BCUT2D eigenvalue weighted by Crippen LogP contribution is -2.16. The molecule has 0 bridgehead atoms. The Labute approximate surface area is 129 Å². The minimum atomic E-state index is 0.835. The number of nitrogens with zero attached hydrogens (tertiary/aromatic N) is 2. The highest BCUT2D eigenvalue weighted by molar-refractivity contribution is 7.15. The molecular weight excluding hydrogens is 278 g/mol. The van der Waals surface area contributed by atoms with Crippen LogP contribution in [0.15, 0.2) is 54.9 Å². The molecule has 3 aromatic rings. The van der Waals surface area contributed by atoms with Gasteiger partial charge in [-0.15, -0.1) is 11.3 Å². The number of thiazole rings is 1. The van der Waals surface area contributed by atoms with Gasteiger partial charge in [0.05, 0.1) is 10.6 Å². The number of aromatic nitrogens is 2. The summed E-state index contributed by atoms with van der Waals surface area (Å²) >= 11 is 1.76. The van der Waals surface area contributed by atoms with E-state index in [0.29, 0.717) is 0 Å². The topological polar surface area (TPSA) is 29.9 Å². The molecule has 0 radical (unpaired) electrons. The van der Waals surface area contributed by atoms with E-state index in [-0.39, 0.29) is 0 Å². The molecule has 1 N–H and O–H groups in total. The van der Waals surface area contributed by atoms with E-state index in [9.17, 15) is 0 Å². The van der Waals surface area contributed by atoms with E-state index in [2.05, 4.69) is 70.6 Å². The molecule has 4 heteroatoms. The fourth-order valence-corrected chi connectivity index (χ4v) is 3.26. The molecule has 0 aliphatic rings. The number of benzene rings is 1. The van der Waals surface area contributed by atoms with Gasteiger partial charge in [-0.2, -0.15) is 0 Å². The van der Waals surface area contributed by atoms with Crippen molar-refractivity contribution in [3.8, 4) is 10.6 Å². The van der Waals surface area contributed by atoms with Crippen LogP contribution in [0.5, 0.6) is 0 Å². The number of aryl methyl sites for hydroxylation is 1. The fraction of sp³-hybridized carbons (Fsp3) is 0.235. The monoisotopic (exact) mass is 297 g/mol. The Morgan fingerprint density at radius 2 is 2.00 bits per heavy atom. The smallest absolute Gasteiger partial charge is 0.107 e. The van der Waals surface area contributed by atoms with Gasteiger partial charge >= 0.3 is 0 Å². The maximum Gasteiger partial charge on any atom is 0.107 e. The Morgan fingerprint density at radius 3 is 2.76 bits per heavy atom. The molecule has 0 spiro atoms. The van der Waals surface area contributed by atoms with Crippen LogP contribution in [-0.4, -0.2) is 16.1 Å². The molecule has 0 atom stereocenters. The second-order valence-electron chi connectivity index (χ2n) is 5.03. The summed E-state index contributed by atoms with van der Waals surface area (Å²) in [4.78, 5) is 5.72. The normalized spacial score (nSPS) is 10.9. The molecule has 0 amide bonds. The van der Waals surface area contributed by atoms with Crippen LogP contribution in [0.4, 0.5) is 0 Å². The van der Waals surface area contributed by atoms with Gasteiger partial charge in [-0.25, -0.2) is 4.98 Å². The zero-order valence-corrected chi connectivity index (χ0v) is 12.9. The van der Waals surface area contributed by atoms with Crippen LogP contribution in [0, 0.1) is 0 Å². The number of rotatable bonds is 6. The van der Waals surface area contributed by atoms with Crippen LogP contribution in [0.2, 0.25) is 0 Å². The third kappa shape index (κ3) is 3.60. The second-order valence-corrected chi connectivity index (χ2v) is 6.15. The molecule has 0 fully saturated rings. The van der Waals surface area contributed by atoms with E-state index < -0.39 is 0 Å². The summed E-state index contributed by atoms with van der Waals surface area (Å²) in [6, 6.07) is 14.7. The molecule has 3 rings (SSSR count). The summed E-state index contributed by atoms with van der Waals surface area (Å²) in [7, 11) is 2.06. The molecule has 108 valence electrons. The first-order valence-electron chi connectivity index (χ1n) is 7.14. The molecule has 2 aromatic heterocycles. The fourth-order valence-electron chi connectivity index (χ4n) is 2.30. The van der Waals surface area contributed by atoms with Crippen LogP contribution in [0.25, 0.3) is 10.6 Å². The van der Waals surface area contributed by atoms with Gasteiger partial charge in [0.1, 0.15) is 5.01 Å². The van der Waals surface area contributed by atoms with Crippen molar-refractivity contribution in [1.29, 1.82) is 0 Å². The van der Waals surface area contributed by atoms with Crippen LogP contribution in [0.1, 0.15) is 10.6 Å². The highest BCUT2D eigenvalue weighted by atomic mass is 32.1. The first-order valence-corrected chi connectivity index (χ1v) is 7.95. The van der Waals surface area contributed by atoms with Crippen molar-refractivity contribution in [1.82, 2.24) is 14.9 Å². The minimum Gasteiger partial charge on any atom is -0.350 e. The zero-order valence-electron chi connectivity index (χ0n) is 12.1. The quantitative estimate of drug-likeness (QED) is 0.706. The lowest BCUT2D eigenvalue weighted by Gasteiger charge is -2.02. The van der Waals surface area contributed by atoms with Crippen molar-refractivity contribution < 1.29 is 0 Å². The molecule has 2 heterocycles. The van der Waals surface area contributed by atoms with E-state index in [4.69, 9.17) is 0 Å². The van der Waals surface area contributed by atoms with Crippen LogP contribution in [-0.2, 0) is 20.0 Å². The molecule has 0 aliphatic carbocycles. The van der Waals surface area contributed by atoms with E-state index >= 15 is 0 Å². The molecule has 21 heavy (non-hydrogen) atoms. The Balaban J connectivity index is 1.50. The Hall–Kier alpha value is -1.91. The van der Waals surface area contributed by atoms with E-state index in [0.717, 1.165) is 24.5 Å². The van der Waals surface area contributed by atoms with E-state index in [1.165, 1.54) is 16.1 Å². The van der Waals surface area contributed by atoms with Gasteiger partial charge in [-0.05, 0) is 30.7 Å². The summed E-state index contributed by atoms with van der Waals surface area (Å²) in [5.41, 5.74) is 2.59. The predicted molar refractivity (Wildman–Crippen MR) is 88.4 cm³/mol. The van der Waals surface area contributed by atoms with Gasteiger partial charge in [0.2, 0.25) is 0 Å². The first kappa shape index (κ1) is 14.0. The van der Waals surface area contributed by atoms with Crippen molar-refractivity contribution in [2.45, 2.75) is 13.0 Å². The molecule has 0 saturated carbocycles. The number of nitrogens with one attached hydrogen (secondary N) is 1. The van der Waals surface area contributed by atoms with E-state index in [1.807, 2.05) is 6.20 Å². The zero-order chi connectivity index (χ0) is 14.5. The summed E-state index contributed by atoms with van der Waals surface area (Å²) in [5.74, 6) is 0. The summed E-state index contributed by atoms with van der Waals surface area (Å²) < 4.78 is 2.13. The maximum absolute atomic E-state index is 4.50. The largest absolute Gasteiger partial charge is 0.350 e. The highest BCUT2D eigenvalue weighted by Gasteiger charge is 2.06. The minimum absolute atomic E-state index is 0.835. The standard InChI is InChI=1S/C17H19N3S/c1-20-11-5-8-15(20)16-12-19-17(21-16)13-18-10-9-14-6-3-2-4-7-14/h2-8,11-12,18H,9-10,13H2,1H3. The van der Waals surface area contributed by atoms with Crippen LogP contribution in [0.3, 0.4) is 0 Å². The predicted octanol–water partition coefficient (Wildman–Crippen LogP) is 3.48. The van der Waals surface area contributed by atoms with Gasteiger partial charge in [0.15, 0.2) is 0 Å². The third-order valence-corrected chi connectivity index (χ3v) is 4.48. The molecule has 1 aromatic carbocycles. The van der Waals surface area contributed by atoms with Crippen molar-refractivity contribution >= 4 is 11.3 Å². The average molecular weight is 297 g/mol. The Morgan fingerprint density at radius 1 is 1.14 bits per heavy atom. The average Bonchev–Trinajstić information content (AvgIpc) is 3.13. The number of hydrogen-bond donors (Lipinski definition) is 1. The summed E-state index contributed by atoms with van der Waals surface area (Å²) in [5, 5.41) is 4.60. The van der Waals surface area contributed by atoms with Gasteiger partial charge in [-0.3, -0.25) is 0 Å². The SMILES string of the molecule is Cn1cccc1-c1cnc(CNCCc2ccccc2)s1. The van der Waals surface area contributed by atoms with Gasteiger partial charge < -0.3 is 9.88 Å². The van der Waals surface area contributed by atoms with Crippen LogP contribution < -0.4 is 5.32 Å². The van der Waals surface area contributed by atoms with Gasteiger partial charge in [0.25, 0.3) is 0 Å². The van der Waals surface area contributed by atoms with Crippen molar-refractivity contribution in [2.24, 2.45) is 7.05 Å². The van der Waals surface area contributed by atoms with E-state index in [1.54, 1.807) is 11.3 Å². The highest BCUT2D eigenvalue weighted by Crippen LogP contribution is 2.25. The lowest BCUT2D eigenvalue weighted by molar-refractivity contribution is 0.684. The molecular formula is C17H19N3S. The molecule has 0 unspecified atom stereocenters. The van der Waals surface area contributed by atoms with Crippen molar-refractivity contribution in [3.05, 3.63) is 65.4 Å². The Bertz CT molecular complexity index is 685. The molecule has 0 aliphatic heterocycles.